The number of likely N-dealkylation sites (tertiary alicyclic amines) is 1. The SMILES string of the molecule is C[C@@]12C(=O)N(CCCO)C(=O)[C@]1(CO)[C@H]1CC[C@@H]2O1. The van der Waals surface area contributed by atoms with Crippen molar-refractivity contribution in [2.45, 2.75) is 38.4 Å². The molecule has 6 heteroatoms. The molecule has 19 heavy (non-hydrogen) atoms. The van der Waals surface area contributed by atoms with E-state index in [2.05, 4.69) is 0 Å². The van der Waals surface area contributed by atoms with Gasteiger partial charge in [-0.15, -0.1) is 0 Å². The number of aliphatic hydroxyl groups is 2. The summed E-state index contributed by atoms with van der Waals surface area (Å²) in [6.07, 6.45) is 1.21. The monoisotopic (exact) mass is 269 g/mol. The zero-order valence-electron chi connectivity index (χ0n) is 11.0. The van der Waals surface area contributed by atoms with E-state index in [0.29, 0.717) is 12.8 Å². The van der Waals surface area contributed by atoms with E-state index in [1.165, 1.54) is 4.90 Å². The van der Waals surface area contributed by atoms with Gasteiger partial charge in [-0.2, -0.15) is 0 Å². The van der Waals surface area contributed by atoms with Crippen LogP contribution < -0.4 is 0 Å². The quantitative estimate of drug-likeness (QED) is 0.658. The molecular formula is C13H19NO5. The normalized spacial score (nSPS) is 44.3. The fraction of sp³-hybridized carbons (Fsp3) is 0.846. The molecule has 0 aromatic heterocycles. The first kappa shape index (κ1) is 13.0. The molecule has 2 amide bonds. The Kier molecular flexibility index (Phi) is 2.75. The standard InChI is InChI=1S/C13H19NO5/c1-12-8-3-4-9(19-8)13(12,7-16)11(18)14(10(12)17)5-2-6-15/h8-9,15-16H,2-7H2,1H3/t8-,9+,12+,13-/m0/s1. The van der Waals surface area contributed by atoms with Crippen molar-refractivity contribution in [3.05, 3.63) is 0 Å². The minimum absolute atomic E-state index is 0.0662. The Morgan fingerprint density at radius 2 is 1.95 bits per heavy atom. The molecule has 3 aliphatic rings. The van der Waals surface area contributed by atoms with Gasteiger partial charge in [-0.3, -0.25) is 14.5 Å². The zero-order chi connectivity index (χ0) is 13.8. The highest BCUT2D eigenvalue weighted by atomic mass is 16.5. The van der Waals surface area contributed by atoms with Gasteiger partial charge in [0.15, 0.2) is 0 Å². The van der Waals surface area contributed by atoms with Gasteiger partial charge in [0, 0.05) is 13.2 Å². The lowest BCUT2D eigenvalue weighted by Gasteiger charge is -2.37. The number of imide groups is 1. The van der Waals surface area contributed by atoms with Gasteiger partial charge >= 0.3 is 0 Å². The summed E-state index contributed by atoms with van der Waals surface area (Å²) in [6.45, 7) is 1.53. The van der Waals surface area contributed by atoms with Crippen molar-refractivity contribution in [2.75, 3.05) is 19.8 Å². The Balaban J connectivity index is 2.03. The van der Waals surface area contributed by atoms with Crippen molar-refractivity contribution in [1.82, 2.24) is 4.90 Å². The lowest BCUT2D eigenvalue weighted by atomic mass is 9.58. The van der Waals surface area contributed by atoms with Gasteiger partial charge in [0.2, 0.25) is 11.8 Å². The maximum absolute atomic E-state index is 12.6. The van der Waals surface area contributed by atoms with Gasteiger partial charge < -0.3 is 14.9 Å². The molecule has 6 nitrogen and oxygen atoms in total. The first-order valence-corrected chi connectivity index (χ1v) is 6.77. The number of fused-ring (bicyclic) bond motifs is 5. The molecule has 0 aromatic rings. The second-order valence-electron chi connectivity index (χ2n) is 5.86. The highest BCUT2D eigenvalue weighted by molar-refractivity contribution is 6.11. The fourth-order valence-corrected chi connectivity index (χ4v) is 4.11. The largest absolute Gasteiger partial charge is 0.396 e. The molecule has 2 N–H and O–H groups in total. The number of carbonyl (C=O) groups excluding carboxylic acids is 2. The highest BCUT2D eigenvalue weighted by Gasteiger charge is 2.78. The minimum atomic E-state index is -1.11. The predicted molar refractivity (Wildman–Crippen MR) is 63.9 cm³/mol. The van der Waals surface area contributed by atoms with Crippen LogP contribution >= 0.6 is 0 Å². The van der Waals surface area contributed by atoms with Crippen LogP contribution in [0.3, 0.4) is 0 Å². The summed E-state index contributed by atoms with van der Waals surface area (Å²) in [5.41, 5.74) is -2.06. The van der Waals surface area contributed by atoms with Crippen molar-refractivity contribution in [3.63, 3.8) is 0 Å². The number of hydrogen-bond acceptors (Lipinski definition) is 5. The van der Waals surface area contributed by atoms with Crippen LogP contribution in [-0.2, 0) is 14.3 Å². The van der Waals surface area contributed by atoms with Crippen LogP contribution in [0.5, 0.6) is 0 Å². The van der Waals surface area contributed by atoms with E-state index in [0.717, 1.165) is 6.42 Å². The number of rotatable bonds is 4. The van der Waals surface area contributed by atoms with E-state index in [1.54, 1.807) is 6.92 Å². The number of nitrogens with zero attached hydrogens (tertiary/aromatic N) is 1. The van der Waals surface area contributed by atoms with Gasteiger partial charge in [0.05, 0.1) is 24.2 Å². The van der Waals surface area contributed by atoms with Crippen LogP contribution in [0.15, 0.2) is 0 Å². The smallest absolute Gasteiger partial charge is 0.241 e. The fourth-order valence-electron chi connectivity index (χ4n) is 4.11. The third-order valence-electron chi connectivity index (χ3n) is 5.25. The van der Waals surface area contributed by atoms with E-state index in [-0.39, 0.29) is 43.8 Å². The Bertz CT molecular complexity index is 439. The molecule has 3 aliphatic heterocycles. The van der Waals surface area contributed by atoms with Crippen molar-refractivity contribution >= 4 is 11.8 Å². The molecule has 2 bridgehead atoms. The third kappa shape index (κ3) is 1.22. The Morgan fingerprint density at radius 1 is 1.26 bits per heavy atom. The summed E-state index contributed by atoms with van der Waals surface area (Å²) in [6, 6.07) is 0. The molecule has 3 heterocycles. The Morgan fingerprint density at radius 3 is 2.53 bits per heavy atom. The molecule has 106 valence electrons. The molecule has 0 saturated carbocycles. The Hall–Kier alpha value is -0.980. The van der Waals surface area contributed by atoms with E-state index in [9.17, 15) is 14.7 Å². The van der Waals surface area contributed by atoms with E-state index in [4.69, 9.17) is 9.84 Å². The molecule has 0 spiro atoms. The average molecular weight is 269 g/mol. The minimum Gasteiger partial charge on any atom is -0.396 e. The number of ether oxygens (including phenoxy) is 1. The van der Waals surface area contributed by atoms with Crippen LogP contribution in [0.4, 0.5) is 0 Å². The average Bonchev–Trinajstić information content (AvgIpc) is 3.01. The second kappa shape index (κ2) is 4.01. The van der Waals surface area contributed by atoms with Gasteiger partial charge in [0.25, 0.3) is 0 Å². The summed E-state index contributed by atoms with van der Waals surface area (Å²) in [4.78, 5) is 26.5. The van der Waals surface area contributed by atoms with Crippen LogP contribution in [0, 0.1) is 10.8 Å². The first-order chi connectivity index (χ1) is 9.04. The molecule has 0 aromatic carbocycles. The lowest BCUT2D eigenvalue weighted by Crippen LogP contribution is -2.53. The van der Waals surface area contributed by atoms with Crippen LogP contribution in [0.1, 0.15) is 26.2 Å². The van der Waals surface area contributed by atoms with Crippen LogP contribution in [0.25, 0.3) is 0 Å². The molecule has 3 fully saturated rings. The summed E-state index contributed by atoms with van der Waals surface area (Å²) in [5, 5.41) is 18.7. The van der Waals surface area contributed by atoms with Crippen LogP contribution in [0.2, 0.25) is 0 Å². The maximum atomic E-state index is 12.6. The van der Waals surface area contributed by atoms with Gasteiger partial charge in [-0.05, 0) is 26.2 Å². The van der Waals surface area contributed by atoms with Crippen molar-refractivity contribution < 1.29 is 24.5 Å². The molecular weight excluding hydrogens is 250 g/mol. The molecule has 4 atom stereocenters. The topological polar surface area (TPSA) is 87.1 Å². The highest BCUT2D eigenvalue weighted by Crippen LogP contribution is 2.64. The van der Waals surface area contributed by atoms with Crippen molar-refractivity contribution in [3.8, 4) is 0 Å². The molecule has 3 saturated heterocycles. The van der Waals surface area contributed by atoms with Crippen molar-refractivity contribution in [1.29, 1.82) is 0 Å². The molecule has 3 rings (SSSR count). The van der Waals surface area contributed by atoms with E-state index in [1.807, 2.05) is 0 Å². The lowest BCUT2D eigenvalue weighted by molar-refractivity contribution is -0.146. The third-order valence-corrected chi connectivity index (χ3v) is 5.25. The van der Waals surface area contributed by atoms with Crippen molar-refractivity contribution in [2.24, 2.45) is 10.8 Å². The Labute approximate surface area is 111 Å². The molecule has 0 radical (unpaired) electrons. The summed E-state index contributed by atoms with van der Waals surface area (Å²) >= 11 is 0. The summed E-state index contributed by atoms with van der Waals surface area (Å²) in [5.74, 6) is -0.588. The predicted octanol–water partition coefficient (Wildman–Crippen LogP) is -0.716. The second-order valence-corrected chi connectivity index (χ2v) is 5.86. The number of amides is 2. The summed E-state index contributed by atoms with van der Waals surface area (Å²) < 4.78 is 5.75. The van der Waals surface area contributed by atoms with Crippen LogP contribution in [-0.4, -0.2) is 58.9 Å². The number of carbonyl (C=O) groups is 2. The summed E-state index contributed by atoms with van der Waals surface area (Å²) in [7, 11) is 0. The van der Waals surface area contributed by atoms with Gasteiger partial charge in [-0.25, -0.2) is 0 Å². The number of aliphatic hydroxyl groups excluding tert-OH is 2. The maximum Gasteiger partial charge on any atom is 0.241 e. The van der Waals surface area contributed by atoms with Gasteiger partial charge in [0.1, 0.15) is 5.41 Å². The van der Waals surface area contributed by atoms with Gasteiger partial charge in [-0.1, -0.05) is 0 Å². The van der Waals surface area contributed by atoms with E-state index < -0.39 is 10.8 Å². The first-order valence-electron chi connectivity index (χ1n) is 6.77. The number of hydrogen-bond donors (Lipinski definition) is 2. The molecule has 0 aliphatic carbocycles. The molecule has 0 unspecified atom stereocenters. The van der Waals surface area contributed by atoms with E-state index >= 15 is 0 Å². The zero-order valence-corrected chi connectivity index (χ0v) is 11.0.